The van der Waals surface area contributed by atoms with Crippen LogP contribution < -0.4 is 10.9 Å². The van der Waals surface area contributed by atoms with Crippen molar-refractivity contribution in [3.05, 3.63) is 56.7 Å². The Hall–Kier alpha value is -2.65. The Kier molecular flexibility index (Phi) is 5.54. The quantitative estimate of drug-likeness (QED) is 0.457. The molecule has 1 saturated heterocycles. The van der Waals surface area contributed by atoms with E-state index in [-0.39, 0.29) is 23.3 Å². The molecule has 1 aliphatic heterocycles. The first-order valence-corrected chi connectivity index (χ1v) is 12.2. The van der Waals surface area contributed by atoms with Gasteiger partial charge in [-0.25, -0.2) is 9.78 Å². The van der Waals surface area contributed by atoms with E-state index in [4.69, 9.17) is 4.98 Å². The van der Waals surface area contributed by atoms with Crippen LogP contribution in [0.1, 0.15) is 22.4 Å². The maximum Gasteiger partial charge on any atom is 0.324 e. The molecule has 5 rings (SSSR count). The van der Waals surface area contributed by atoms with E-state index in [2.05, 4.69) is 5.32 Å². The molecule has 1 N–H and O–H groups in total. The van der Waals surface area contributed by atoms with Gasteiger partial charge < -0.3 is 5.32 Å². The summed E-state index contributed by atoms with van der Waals surface area (Å²) in [5.74, 6) is -0.195. The smallest absolute Gasteiger partial charge is 0.324 e. The standard InChI is InChI=1S/C22H22N4O3S2/c27-17(25-12-10-23-21(25)29)13-30-22-24-19-18(15-7-4-8-16(15)31-19)20(28)26(22)11-9-14-5-2-1-3-6-14/h1-3,5-6H,4,7-13H2,(H,23,29). The molecule has 1 aliphatic carbocycles. The lowest BCUT2D eigenvalue weighted by atomic mass is 10.1. The van der Waals surface area contributed by atoms with E-state index in [9.17, 15) is 14.4 Å². The number of thiophene rings is 1. The lowest BCUT2D eigenvalue weighted by Gasteiger charge is -2.14. The average Bonchev–Trinajstić information content (AvgIpc) is 3.48. The van der Waals surface area contributed by atoms with E-state index in [1.807, 2.05) is 30.3 Å². The van der Waals surface area contributed by atoms with Crippen molar-refractivity contribution in [2.24, 2.45) is 0 Å². The van der Waals surface area contributed by atoms with E-state index in [1.165, 1.54) is 21.5 Å². The van der Waals surface area contributed by atoms with Gasteiger partial charge in [0.1, 0.15) is 4.83 Å². The monoisotopic (exact) mass is 454 g/mol. The molecule has 0 saturated carbocycles. The molecule has 1 aromatic carbocycles. The molecule has 9 heteroatoms. The molecule has 3 amide bonds. The van der Waals surface area contributed by atoms with E-state index < -0.39 is 0 Å². The van der Waals surface area contributed by atoms with Gasteiger partial charge in [-0.1, -0.05) is 42.1 Å². The highest BCUT2D eigenvalue weighted by molar-refractivity contribution is 7.99. The molecule has 31 heavy (non-hydrogen) atoms. The van der Waals surface area contributed by atoms with Gasteiger partial charge in [-0.2, -0.15) is 0 Å². The fourth-order valence-electron chi connectivity index (χ4n) is 4.16. The number of thioether (sulfide) groups is 1. The molecule has 0 radical (unpaired) electrons. The number of nitrogens with one attached hydrogen (secondary N) is 1. The van der Waals surface area contributed by atoms with Gasteiger partial charge in [0.2, 0.25) is 5.91 Å². The van der Waals surface area contributed by atoms with Crippen LogP contribution in [0.3, 0.4) is 0 Å². The van der Waals surface area contributed by atoms with Crippen molar-refractivity contribution in [1.29, 1.82) is 0 Å². The third-order valence-corrected chi connectivity index (χ3v) is 7.89. The third-order valence-electron chi connectivity index (χ3n) is 5.74. The molecule has 0 bridgehead atoms. The van der Waals surface area contributed by atoms with Crippen molar-refractivity contribution >= 4 is 45.3 Å². The minimum atomic E-state index is -0.356. The lowest BCUT2D eigenvalue weighted by molar-refractivity contribution is -0.124. The molecule has 0 spiro atoms. The van der Waals surface area contributed by atoms with Crippen LogP contribution in [0, 0.1) is 0 Å². The minimum Gasteiger partial charge on any atom is -0.336 e. The number of urea groups is 1. The van der Waals surface area contributed by atoms with Crippen LogP contribution in [0.2, 0.25) is 0 Å². The van der Waals surface area contributed by atoms with Crippen molar-refractivity contribution in [2.75, 3.05) is 18.8 Å². The van der Waals surface area contributed by atoms with E-state index >= 15 is 0 Å². The number of nitrogens with zero attached hydrogens (tertiary/aromatic N) is 3. The van der Waals surface area contributed by atoms with Crippen molar-refractivity contribution in [3.63, 3.8) is 0 Å². The van der Waals surface area contributed by atoms with Crippen molar-refractivity contribution in [2.45, 2.75) is 37.4 Å². The van der Waals surface area contributed by atoms with Gasteiger partial charge in [-0.05, 0) is 36.8 Å². The molecule has 0 unspecified atom stereocenters. The predicted molar refractivity (Wildman–Crippen MR) is 122 cm³/mol. The average molecular weight is 455 g/mol. The number of carbonyl (C=O) groups excluding carboxylic acids is 2. The molecule has 1 fully saturated rings. The maximum atomic E-state index is 13.5. The van der Waals surface area contributed by atoms with Crippen LogP contribution in [0.25, 0.3) is 10.2 Å². The molecule has 160 valence electrons. The topological polar surface area (TPSA) is 84.3 Å². The fourth-order valence-corrected chi connectivity index (χ4v) is 6.37. The zero-order valence-corrected chi connectivity index (χ0v) is 18.6. The van der Waals surface area contributed by atoms with Crippen molar-refractivity contribution < 1.29 is 9.59 Å². The minimum absolute atomic E-state index is 0.0193. The summed E-state index contributed by atoms with van der Waals surface area (Å²) in [6.07, 6.45) is 3.73. The number of hydrogen-bond donors (Lipinski definition) is 1. The van der Waals surface area contributed by atoms with E-state index in [0.717, 1.165) is 40.6 Å². The van der Waals surface area contributed by atoms with Crippen LogP contribution in [-0.2, 0) is 30.6 Å². The highest BCUT2D eigenvalue weighted by Gasteiger charge is 2.27. The molecular formula is C22H22N4O3S2. The summed E-state index contributed by atoms with van der Waals surface area (Å²) in [6.45, 7) is 1.35. The van der Waals surface area contributed by atoms with Gasteiger partial charge in [0.05, 0.1) is 11.1 Å². The number of imide groups is 1. The van der Waals surface area contributed by atoms with E-state index in [0.29, 0.717) is 31.2 Å². The number of carbonyl (C=O) groups is 2. The van der Waals surface area contributed by atoms with Gasteiger partial charge in [-0.15, -0.1) is 11.3 Å². The van der Waals surface area contributed by atoms with Gasteiger partial charge in [-0.3, -0.25) is 19.1 Å². The summed E-state index contributed by atoms with van der Waals surface area (Å²) in [6, 6.07) is 9.68. The first-order chi connectivity index (χ1) is 15.1. The normalized spacial score (nSPS) is 15.5. The van der Waals surface area contributed by atoms with Crippen molar-refractivity contribution in [3.8, 4) is 0 Å². The maximum absolute atomic E-state index is 13.5. The van der Waals surface area contributed by atoms with Gasteiger partial charge in [0.15, 0.2) is 5.16 Å². The fraction of sp³-hybridized carbons (Fsp3) is 0.364. The predicted octanol–water partition coefficient (Wildman–Crippen LogP) is 2.83. The second-order valence-electron chi connectivity index (χ2n) is 7.69. The number of aromatic nitrogens is 2. The number of rotatable bonds is 6. The summed E-state index contributed by atoms with van der Waals surface area (Å²) in [5.41, 5.74) is 2.28. The van der Waals surface area contributed by atoms with Crippen LogP contribution in [0.15, 0.2) is 40.3 Å². The molecule has 2 aromatic heterocycles. The first kappa shape index (κ1) is 20.3. The van der Waals surface area contributed by atoms with Crippen LogP contribution in [-0.4, -0.2) is 45.2 Å². The summed E-state index contributed by atoms with van der Waals surface area (Å²) < 4.78 is 1.71. The van der Waals surface area contributed by atoms with Crippen molar-refractivity contribution in [1.82, 2.24) is 19.8 Å². The number of hydrogen-bond acceptors (Lipinski definition) is 6. The summed E-state index contributed by atoms with van der Waals surface area (Å²) in [4.78, 5) is 45.8. The number of aryl methyl sites for hydroxylation is 3. The first-order valence-electron chi connectivity index (χ1n) is 10.4. The Bertz CT molecular complexity index is 1220. The molecule has 0 atom stereocenters. The van der Waals surface area contributed by atoms with E-state index in [1.54, 1.807) is 15.9 Å². The van der Waals surface area contributed by atoms with Crippen LogP contribution in [0.4, 0.5) is 4.79 Å². The summed E-state index contributed by atoms with van der Waals surface area (Å²) >= 11 is 2.84. The lowest BCUT2D eigenvalue weighted by Crippen LogP contribution is -2.35. The Labute approximate surface area is 187 Å². The van der Waals surface area contributed by atoms with Crippen LogP contribution >= 0.6 is 23.1 Å². The SMILES string of the molecule is O=C(CSc1nc2sc3c(c2c(=O)n1CCc1ccccc1)CCC3)N1CCNC1=O. The molecule has 3 heterocycles. The summed E-state index contributed by atoms with van der Waals surface area (Å²) in [7, 11) is 0. The van der Waals surface area contributed by atoms with Gasteiger partial charge in [0, 0.05) is 24.5 Å². The third kappa shape index (κ3) is 3.87. The molecular weight excluding hydrogens is 432 g/mol. The highest BCUT2D eigenvalue weighted by atomic mass is 32.2. The zero-order chi connectivity index (χ0) is 21.4. The largest absolute Gasteiger partial charge is 0.336 e. The number of benzene rings is 1. The summed E-state index contributed by atoms with van der Waals surface area (Å²) in [5, 5.41) is 3.93. The van der Waals surface area contributed by atoms with Gasteiger partial charge in [0.25, 0.3) is 5.56 Å². The van der Waals surface area contributed by atoms with Gasteiger partial charge >= 0.3 is 6.03 Å². The second kappa shape index (κ2) is 8.47. The Morgan fingerprint density at radius 3 is 2.81 bits per heavy atom. The molecule has 3 aromatic rings. The Balaban J connectivity index is 1.47. The highest BCUT2D eigenvalue weighted by Crippen LogP contribution is 2.35. The Morgan fingerprint density at radius 1 is 1.19 bits per heavy atom. The number of amides is 3. The van der Waals surface area contributed by atoms with Crippen LogP contribution in [0.5, 0.6) is 0 Å². The molecule has 7 nitrogen and oxygen atoms in total. The second-order valence-corrected chi connectivity index (χ2v) is 9.72. The number of fused-ring (bicyclic) bond motifs is 3. The Morgan fingerprint density at radius 2 is 2.03 bits per heavy atom. The zero-order valence-electron chi connectivity index (χ0n) is 16.9. The molecule has 2 aliphatic rings.